The first-order valence-corrected chi connectivity index (χ1v) is 5.83. The van der Waals surface area contributed by atoms with Crippen molar-refractivity contribution in [2.24, 2.45) is 0 Å². The van der Waals surface area contributed by atoms with Crippen molar-refractivity contribution in [2.45, 2.75) is 37.8 Å². The molecule has 0 saturated heterocycles. The number of carbonyl (C=O) groups excluding carboxylic acids is 1. The minimum atomic E-state index is -0.296. The lowest BCUT2D eigenvalue weighted by atomic mass is 9.86. The highest BCUT2D eigenvalue weighted by atomic mass is 16.3. The van der Waals surface area contributed by atoms with Crippen molar-refractivity contribution in [3.63, 3.8) is 0 Å². The highest BCUT2D eigenvalue weighted by Gasteiger charge is 2.38. The number of hydrogen-bond donors (Lipinski definition) is 2. The molecule has 1 aliphatic heterocycles. The molecule has 0 bridgehead atoms. The van der Waals surface area contributed by atoms with Gasteiger partial charge in [0.25, 0.3) is 0 Å². The third-order valence-electron chi connectivity index (χ3n) is 3.49. The third kappa shape index (κ3) is 1.67. The molecule has 2 N–H and O–H groups in total. The Kier molecular flexibility index (Phi) is 2.29. The van der Waals surface area contributed by atoms with Crippen LogP contribution in [0.2, 0.25) is 0 Å². The summed E-state index contributed by atoms with van der Waals surface area (Å²) in [5.41, 5.74) is 0.908. The van der Waals surface area contributed by atoms with E-state index in [9.17, 15) is 15.0 Å². The van der Waals surface area contributed by atoms with Crippen LogP contribution in [-0.2, 0) is 11.2 Å². The van der Waals surface area contributed by atoms with E-state index in [1.807, 2.05) is 0 Å². The van der Waals surface area contributed by atoms with Crippen LogP contribution in [0.4, 0.5) is 5.82 Å². The van der Waals surface area contributed by atoms with E-state index in [1.165, 1.54) is 6.20 Å². The van der Waals surface area contributed by atoms with Crippen LogP contribution in [0, 0.1) is 0 Å². The van der Waals surface area contributed by atoms with Crippen molar-refractivity contribution in [3.05, 3.63) is 17.8 Å². The summed E-state index contributed by atoms with van der Waals surface area (Å²) in [5, 5.41) is 18.7. The van der Waals surface area contributed by atoms with Crippen molar-refractivity contribution < 1.29 is 15.0 Å². The van der Waals surface area contributed by atoms with Crippen molar-refractivity contribution in [2.75, 3.05) is 4.90 Å². The van der Waals surface area contributed by atoms with E-state index in [0.29, 0.717) is 31.5 Å². The summed E-state index contributed by atoms with van der Waals surface area (Å²) in [4.78, 5) is 17.8. The third-order valence-corrected chi connectivity index (χ3v) is 3.49. The molecule has 17 heavy (non-hydrogen) atoms. The van der Waals surface area contributed by atoms with Gasteiger partial charge in [-0.1, -0.05) is 0 Å². The highest BCUT2D eigenvalue weighted by Crippen LogP contribution is 2.35. The van der Waals surface area contributed by atoms with E-state index in [1.54, 1.807) is 11.0 Å². The number of hydrogen-bond acceptors (Lipinski definition) is 4. The van der Waals surface area contributed by atoms with Crippen LogP contribution in [0.3, 0.4) is 0 Å². The molecule has 5 heteroatoms. The van der Waals surface area contributed by atoms with Crippen LogP contribution < -0.4 is 4.90 Å². The zero-order valence-corrected chi connectivity index (χ0v) is 9.33. The van der Waals surface area contributed by atoms with Crippen LogP contribution in [-0.4, -0.2) is 33.3 Å². The fourth-order valence-corrected chi connectivity index (χ4v) is 2.52. The van der Waals surface area contributed by atoms with Crippen LogP contribution in [0.5, 0.6) is 5.75 Å². The summed E-state index contributed by atoms with van der Waals surface area (Å²) >= 11 is 0. The number of carbonyl (C=O) groups is 1. The number of nitrogens with zero attached hydrogens (tertiary/aromatic N) is 2. The van der Waals surface area contributed by atoms with Gasteiger partial charge >= 0.3 is 0 Å². The lowest BCUT2D eigenvalue weighted by molar-refractivity contribution is -0.120. The molecular weight excluding hydrogens is 220 g/mol. The Morgan fingerprint density at radius 1 is 1.35 bits per heavy atom. The van der Waals surface area contributed by atoms with Gasteiger partial charge in [-0.25, -0.2) is 4.98 Å². The maximum Gasteiger partial charge on any atom is 0.228 e. The molecule has 2 heterocycles. The number of aliphatic hydroxyl groups is 1. The van der Waals surface area contributed by atoms with Gasteiger partial charge in [0, 0.05) is 12.5 Å². The van der Waals surface area contributed by atoms with Gasteiger partial charge in [0.1, 0.15) is 11.6 Å². The maximum absolute atomic E-state index is 11.9. The SMILES string of the molecule is O=C1CCc2cc(O)cnc2N1C1CC(O)C1. The Bertz CT molecular complexity index is 469. The van der Waals surface area contributed by atoms with E-state index in [4.69, 9.17) is 0 Å². The van der Waals surface area contributed by atoms with Gasteiger partial charge in [0.05, 0.1) is 12.3 Å². The molecule has 1 aliphatic carbocycles. The second kappa shape index (κ2) is 3.70. The standard InChI is InChI=1S/C12H14N2O3/c15-9-4-8(5-9)14-11(17)2-1-7-3-10(16)6-13-12(7)14/h3,6,8-9,15-16H,1-2,4-5H2. The molecule has 0 aromatic carbocycles. The first-order valence-electron chi connectivity index (χ1n) is 5.83. The van der Waals surface area contributed by atoms with Crippen LogP contribution >= 0.6 is 0 Å². The number of amides is 1. The average molecular weight is 234 g/mol. The molecule has 0 atom stereocenters. The summed E-state index contributed by atoms with van der Waals surface area (Å²) in [6.45, 7) is 0. The second-order valence-corrected chi connectivity index (χ2v) is 4.72. The molecule has 1 aromatic heterocycles. The number of rotatable bonds is 1. The minimum absolute atomic E-state index is 0.0626. The predicted molar refractivity (Wildman–Crippen MR) is 60.7 cm³/mol. The Labute approximate surface area is 98.7 Å². The van der Waals surface area contributed by atoms with Crippen molar-refractivity contribution in [1.29, 1.82) is 0 Å². The fourth-order valence-electron chi connectivity index (χ4n) is 2.52. The molecule has 0 unspecified atom stereocenters. The summed E-state index contributed by atoms with van der Waals surface area (Å²) in [5.74, 6) is 0.843. The van der Waals surface area contributed by atoms with Crippen LogP contribution in [0.1, 0.15) is 24.8 Å². The van der Waals surface area contributed by atoms with Crippen LogP contribution in [0.25, 0.3) is 0 Å². The van der Waals surface area contributed by atoms with Gasteiger partial charge in [-0.15, -0.1) is 0 Å². The summed E-state index contributed by atoms with van der Waals surface area (Å²) < 4.78 is 0. The Morgan fingerprint density at radius 2 is 2.12 bits per heavy atom. The summed E-state index contributed by atoms with van der Waals surface area (Å²) in [6, 6.07) is 1.73. The smallest absolute Gasteiger partial charge is 0.228 e. The molecule has 0 spiro atoms. The van der Waals surface area contributed by atoms with E-state index < -0.39 is 0 Å². The van der Waals surface area contributed by atoms with E-state index in [2.05, 4.69) is 4.98 Å². The molecule has 2 aliphatic rings. The number of anilines is 1. The number of aliphatic hydroxyl groups excluding tert-OH is 1. The second-order valence-electron chi connectivity index (χ2n) is 4.72. The summed E-state index contributed by atoms with van der Waals surface area (Å²) in [7, 11) is 0. The zero-order chi connectivity index (χ0) is 12.0. The van der Waals surface area contributed by atoms with E-state index >= 15 is 0 Å². The largest absolute Gasteiger partial charge is 0.506 e. The lowest BCUT2D eigenvalue weighted by Crippen LogP contribution is -2.52. The molecule has 5 nitrogen and oxygen atoms in total. The molecule has 0 radical (unpaired) electrons. The number of pyridine rings is 1. The minimum Gasteiger partial charge on any atom is -0.506 e. The molecule has 1 amide bonds. The van der Waals surface area contributed by atoms with E-state index in [0.717, 1.165) is 5.56 Å². The van der Waals surface area contributed by atoms with Gasteiger partial charge < -0.3 is 10.2 Å². The number of aryl methyl sites for hydroxylation is 1. The molecule has 90 valence electrons. The number of fused-ring (bicyclic) bond motifs is 1. The zero-order valence-electron chi connectivity index (χ0n) is 9.33. The summed E-state index contributed by atoms with van der Waals surface area (Å²) in [6.07, 6.45) is 3.38. The normalized spacial score (nSPS) is 27.6. The molecule has 1 aromatic rings. The predicted octanol–water partition coefficient (Wildman–Crippen LogP) is 0.590. The first-order chi connectivity index (χ1) is 8.15. The quantitative estimate of drug-likeness (QED) is 0.745. The maximum atomic E-state index is 11.9. The molecule has 1 fully saturated rings. The Hall–Kier alpha value is -1.62. The van der Waals surface area contributed by atoms with Gasteiger partial charge in [-0.3, -0.25) is 9.69 Å². The van der Waals surface area contributed by atoms with Crippen molar-refractivity contribution >= 4 is 11.7 Å². The van der Waals surface area contributed by atoms with E-state index in [-0.39, 0.29) is 23.8 Å². The first kappa shape index (κ1) is 10.5. The molecule has 1 saturated carbocycles. The van der Waals surface area contributed by atoms with Gasteiger partial charge in [-0.05, 0) is 30.9 Å². The fraction of sp³-hybridized carbons (Fsp3) is 0.500. The van der Waals surface area contributed by atoms with Gasteiger partial charge in [-0.2, -0.15) is 0 Å². The molecule has 3 rings (SSSR count). The Balaban J connectivity index is 1.96. The monoisotopic (exact) mass is 234 g/mol. The average Bonchev–Trinajstić information content (AvgIpc) is 2.26. The molecular formula is C12H14N2O3. The van der Waals surface area contributed by atoms with Crippen molar-refractivity contribution in [1.82, 2.24) is 4.98 Å². The number of aromatic hydroxyl groups is 1. The van der Waals surface area contributed by atoms with Gasteiger partial charge in [0.2, 0.25) is 5.91 Å². The highest BCUT2D eigenvalue weighted by molar-refractivity contribution is 5.96. The van der Waals surface area contributed by atoms with Crippen molar-refractivity contribution in [3.8, 4) is 5.75 Å². The lowest BCUT2D eigenvalue weighted by Gasteiger charge is -2.42. The number of aromatic nitrogens is 1. The van der Waals surface area contributed by atoms with Gasteiger partial charge in [0.15, 0.2) is 0 Å². The van der Waals surface area contributed by atoms with Crippen LogP contribution in [0.15, 0.2) is 12.3 Å². The Morgan fingerprint density at radius 3 is 2.82 bits per heavy atom. The topological polar surface area (TPSA) is 73.7 Å².